The van der Waals surface area contributed by atoms with Gasteiger partial charge in [-0.25, -0.2) is 29.9 Å². The van der Waals surface area contributed by atoms with E-state index in [9.17, 15) is 0 Å². The van der Waals surface area contributed by atoms with Crippen molar-refractivity contribution in [2.45, 2.75) is 57.8 Å². The molecule has 135 heavy (non-hydrogen) atoms. The summed E-state index contributed by atoms with van der Waals surface area (Å²) in [6.45, 7) is 14.1. The molecule has 0 radical (unpaired) electrons. The van der Waals surface area contributed by atoms with Gasteiger partial charge in [0.25, 0.3) is 0 Å². The van der Waals surface area contributed by atoms with Crippen molar-refractivity contribution >= 4 is 97.0 Å². The first-order valence-electron chi connectivity index (χ1n) is 46.8. The summed E-state index contributed by atoms with van der Waals surface area (Å²) >= 11 is 0. The van der Waals surface area contributed by atoms with E-state index in [1.807, 2.05) is 0 Å². The summed E-state index contributed by atoms with van der Waals surface area (Å²) in [6, 6.07) is 157. The van der Waals surface area contributed by atoms with E-state index < -0.39 is 0 Å². The third-order valence-corrected chi connectivity index (χ3v) is 28.9. The molecule has 3 aliphatic rings. The van der Waals surface area contributed by atoms with Crippen LogP contribution in [0.15, 0.2) is 437 Å². The summed E-state index contributed by atoms with van der Waals surface area (Å²) in [7, 11) is 0. The van der Waals surface area contributed by atoms with Gasteiger partial charge >= 0.3 is 0 Å². The molecule has 0 atom stereocenters. The van der Waals surface area contributed by atoms with Gasteiger partial charge in [0.2, 0.25) is 0 Å². The molecule has 0 bridgehead atoms. The van der Waals surface area contributed by atoms with Gasteiger partial charge in [0.1, 0.15) is 0 Å². The highest BCUT2D eigenvalue weighted by Gasteiger charge is 2.40. The second kappa shape index (κ2) is 31.8. The Hall–Kier alpha value is -16.8. The number of fused-ring (bicyclic) bond motifs is 21. The number of aromatic nitrogens is 6. The summed E-state index contributed by atoms with van der Waals surface area (Å²) in [5, 5.41) is 21.9. The van der Waals surface area contributed by atoms with Crippen molar-refractivity contribution in [2.24, 2.45) is 0 Å². The van der Waals surface area contributed by atoms with Crippen LogP contribution in [0.5, 0.6) is 0 Å². The lowest BCUT2D eigenvalue weighted by Gasteiger charge is -2.23. The molecule has 0 fully saturated rings. The average molecular weight is 1720 g/mol. The third-order valence-electron chi connectivity index (χ3n) is 28.9. The Bertz CT molecular complexity index is 8750. The normalized spacial score (nSPS) is 13.3. The maximum Gasteiger partial charge on any atom is 0.160 e. The second-order valence-electron chi connectivity index (χ2n) is 37.9. The van der Waals surface area contributed by atoms with Gasteiger partial charge in [-0.1, -0.05) is 430 Å². The molecule has 6 heteroatoms. The second-order valence-corrected chi connectivity index (χ2v) is 37.9. The average Bonchev–Trinajstić information content (AvgIpc) is 1.58. The molecule has 636 valence electrons. The van der Waals surface area contributed by atoms with E-state index in [1.165, 1.54) is 164 Å². The number of nitrogens with zero attached hydrogens (tertiary/aromatic N) is 6. The Morgan fingerprint density at radius 1 is 0.141 bits per heavy atom. The van der Waals surface area contributed by atoms with E-state index in [2.05, 4.69) is 478 Å². The van der Waals surface area contributed by atoms with Gasteiger partial charge in [-0.05, 0) is 212 Å². The van der Waals surface area contributed by atoms with Crippen LogP contribution in [-0.2, 0) is 16.2 Å². The molecule has 0 aliphatic heterocycles. The number of rotatable bonds is 9. The molecule has 0 saturated heterocycles. The first kappa shape index (κ1) is 80.3. The van der Waals surface area contributed by atoms with E-state index in [0.29, 0.717) is 0 Å². The van der Waals surface area contributed by atoms with Crippen molar-refractivity contribution < 1.29 is 0 Å². The van der Waals surface area contributed by atoms with Gasteiger partial charge in [-0.2, -0.15) is 0 Å². The molecular weight excluding hydrogens is 1630 g/mol. The molecule has 0 amide bonds. The van der Waals surface area contributed by atoms with Crippen LogP contribution in [0.25, 0.3) is 232 Å². The topological polar surface area (TPSA) is 77.3 Å². The molecule has 0 N–H and O–H groups in total. The zero-order chi connectivity index (χ0) is 90.4. The van der Waals surface area contributed by atoms with Gasteiger partial charge in [-0.15, -0.1) is 0 Å². The van der Waals surface area contributed by atoms with Crippen LogP contribution in [0, 0.1) is 0 Å². The van der Waals surface area contributed by atoms with Crippen LogP contribution < -0.4 is 0 Å². The summed E-state index contributed by atoms with van der Waals surface area (Å²) in [6.07, 6.45) is 0. The van der Waals surface area contributed by atoms with E-state index in [4.69, 9.17) is 29.9 Å². The lowest BCUT2D eigenvalue weighted by Crippen LogP contribution is -2.15. The molecule has 6 nitrogen and oxygen atoms in total. The largest absolute Gasteiger partial charge is 0.228 e. The van der Waals surface area contributed by atoms with Crippen molar-refractivity contribution in [1.29, 1.82) is 0 Å². The summed E-state index contributed by atoms with van der Waals surface area (Å²) in [5.74, 6) is 2.19. The van der Waals surface area contributed by atoms with Crippen molar-refractivity contribution in [3.8, 4) is 135 Å². The first-order valence-corrected chi connectivity index (χ1v) is 46.8. The van der Waals surface area contributed by atoms with Gasteiger partial charge in [0.15, 0.2) is 17.5 Å². The van der Waals surface area contributed by atoms with Gasteiger partial charge in [0, 0.05) is 66.3 Å². The van der Waals surface area contributed by atoms with E-state index >= 15 is 0 Å². The van der Waals surface area contributed by atoms with Crippen LogP contribution in [0.1, 0.15) is 74.9 Å². The molecule has 24 aromatic rings. The minimum atomic E-state index is -0.105. The highest BCUT2D eigenvalue weighted by Crippen LogP contribution is 2.56. The van der Waals surface area contributed by atoms with Crippen LogP contribution in [0.3, 0.4) is 0 Å². The summed E-state index contributed by atoms with van der Waals surface area (Å²) in [5.41, 5.74) is 31.2. The van der Waals surface area contributed by atoms with Crippen molar-refractivity contribution in [3.05, 3.63) is 470 Å². The standard InChI is InChI=1S/3C43H30N2/c1-43(2)38-20-8-7-17-34(38)37-24-21-29-25-30(22-23-33(29)41(37)43)42-44-39(35-18-9-13-27-11-3-5-15-31(27)35)26-40(45-42)36-19-10-14-28-12-4-6-16-32(28)36;1-43(2)38-17-8-7-14-34(38)37-23-22-33-35(15-9-16-36(33)41(37)43)40-26-39(31-20-18-27-10-3-5-12-29(27)24-31)44-42(45-40)32-21-19-28-11-4-6-13-30(28)25-32;1-43(2)38-17-8-7-15-34(38)36-23-22-29-19-21-32(25-37(29)41(36)43)42-44-39(31-20-18-27-10-3-4-12-30(27)24-31)26-40(45-42)35-16-9-13-28-11-5-6-14-33(28)35/h3*3-26H,1-2H3. The van der Waals surface area contributed by atoms with E-state index in [1.54, 1.807) is 0 Å². The molecule has 27 rings (SSSR count). The molecule has 0 unspecified atom stereocenters. The lowest BCUT2D eigenvalue weighted by atomic mass is 9.79. The molecule has 0 spiro atoms. The minimum absolute atomic E-state index is 0.0702. The monoisotopic (exact) mass is 1720 g/mol. The third kappa shape index (κ3) is 13.6. The Balaban J connectivity index is 0.000000108. The van der Waals surface area contributed by atoms with E-state index in [-0.39, 0.29) is 16.2 Å². The first-order chi connectivity index (χ1) is 66.1. The highest BCUT2D eigenvalue weighted by molar-refractivity contribution is 6.08. The smallest absolute Gasteiger partial charge is 0.160 e. The Morgan fingerprint density at radius 3 is 0.830 bits per heavy atom. The Labute approximate surface area is 784 Å². The number of benzene rings is 21. The lowest BCUT2D eigenvalue weighted by molar-refractivity contribution is 0.666. The molecule has 21 aromatic carbocycles. The van der Waals surface area contributed by atoms with Crippen LogP contribution in [-0.4, -0.2) is 29.9 Å². The maximum atomic E-state index is 5.28. The van der Waals surface area contributed by atoms with E-state index in [0.717, 1.165) is 102 Å². The van der Waals surface area contributed by atoms with Gasteiger partial charge in [0.05, 0.1) is 34.2 Å². The predicted octanol–water partition coefficient (Wildman–Crippen LogP) is 33.7. The molecular formula is C129H90N6. The Kier molecular flexibility index (Phi) is 18.9. The maximum absolute atomic E-state index is 5.28. The predicted molar refractivity (Wildman–Crippen MR) is 565 cm³/mol. The van der Waals surface area contributed by atoms with Crippen LogP contribution >= 0.6 is 0 Å². The molecule has 3 aliphatic carbocycles. The van der Waals surface area contributed by atoms with Crippen LogP contribution in [0.2, 0.25) is 0 Å². The van der Waals surface area contributed by atoms with Gasteiger partial charge in [-0.3, -0.25) is 0 Å². The van der Waals surface area contributed by atoms with Crippen molar-refractivity contribution in [2.75, 3.05) is 0 Å². The fourth-order valence-corrected chi connectivity index (χ4v) is 22.3. The minimum Gasteiger partial charge on any atom is -0.228 e. The SMILES string of the molecule is CC1(C)c2ccccc2-c2ccc3c(-c4cc(-c5ccc6ccccc6c5)nc(-c5ccc6ccccc6c5)n4)cccc3c21.CC1(C)c2ccccc2-c2ccc3cc(-c4nc(-c5cccc6ccccc56)cc(-c5cccc6ccccc56)n4)ccc3c21.CC1(C)c2ccccc2-c2ccc3ccc(-c4nc(-c5ccc6ccccc6c5)cc(-c5cccc6ccccc56)n4)cc3c21. The fraction of sp³-hybridized carbons (Fsp3) is 0.0698. The van der Waals surface area contributed by atoms with Crippen molar-refractivity contribution in [1.82, 2.24) is 29.9 Å². The zero-order valence-corrected chi connectivity index (χ0v) is 75.8. The summed E-state index contributed by atoms with van der Waals surface area (Å²) in [4.78, 5) is 31.5. The molecule has 3 aromatic heterocycles. The zero-order valence-electron chi connectivity index (χ0n) is 75.8. The van der Waals surface area contributed by atoms with Crippen molar-refractivity contribution in [3.63, 3.8) is 0 Å². The molecule has 0 saturated carbocycles. The van der Waals surface area contributed by atoms with Gasteiger partial charge < -0.3 is 0 Å². The summed E-state index contributed by atoms with van der Waals surface area (Å²) < 4.78 is 0. The highest BCUT2D eigenvalue weighted by atomic mass is 14.9. The number of hydrogen-bond acceptors (Lipinski definition) is 6. The number of hydrogen-bond donors (Lipinski definition) is 0. The molecule has 3 heterocycles. The Morgan fingerprint density at radius 2 is 0.393 bits per heavy atom. The fourth-order valence-electron chi connectivity index (χ4n) is 22.3. The van der Waals surface area contributed by atoms with Crippen LogP contribution in [0.4, 0.5) is 0 Å². The quantitative estimate of drug-likeness (QED) is 0.143.